The van der Waals surface area contributed by atoms with Gasteiger partial charge in [-0.1, -0.05) is 12.1 Å². The molecule has 0 unspecified atom stereocenters. The van der Waals surface area contributed by atoms with Gasteiger partial charge in [0.1, 0.15) is 10.8 Å². The quantitative estimate of drug-likeness (QED) is 0.411. The van der Waals surface area contributed by atoms with E-state index in [4.69, 9.17) is 15.5 Å². The average Bonchev–Trinajstić information content (AvgIpc) is 3.41. The van der Waals surface area contributed by atoms with Gasteiger partial charge >= 0.3 is 0 Å². The van der Waals surface area contributed by atoms with Crippen LogP contribution in [0.15, 0.2) is 79.3 Å². The van der Waals surface area contributed by atoms with E-state index in [1.165, 1.54) is 0 Å². The summed E-state index contributed by atoms with van der Waals surface area (Å²) in [6.45, 7) is 0. The van der Waals surface area contributed by atoms with Crippen molar-refractivity contribution in [1.29, 1.82) is 0 Å². The van der Waals surface area contributed by atoms with E-state index in [1.54, 1.807) is 18.4 Å². The van der Waals surface area contributed by atoms with Crippen LogP contribution in [0.4, 0.5) is 5.69 Å². The van der Waals surface area contributed by atoms with Gasteiger partial charge in [-0.05, 0) is 54.6 Å². The molecule has 0 aliphatic heterocycles. The first-order valence-corrected chi connectivity index (χ1v) is 9.96. The molecule has 0 bridgehead atoms. The number of hydrogen-bond donors (Lipinski definition) is 1. The van der Waals surface area contributed by atoms with Crippen LogP contribution in [0, 0.1) is 0 Å². The number of fused-ring (bicyclic) bond motifs is 1. The summed E-state index contributed by atoms with van der Waals surface area (Å²) in [6, 6.07) is 22.1. The number of imidazole rings is 1. The lowest BCUT2D eigenvalue weighted by molar-refractivity contribution is 0.415. The highest BCUT2D eigenvalue weighted by Crippen LogP contribution is 2.33. The summed E-state index contributed by atoms with van der Waals surface area (Å²) in [5, 5.41) is 0.990. The van der Waals surface area contributed by atoms with Crippen LogP contribution in [0.25, 0.3) is 37.7 Å². The number of nitrogens with zero attached hydrogens (tertiary/aromatic N) is 3. The van der Waals surface area contributed by atoms with Crippen LogP contribution in [0.2, 0.25) is 0 Å². The zero-order valence-electron chi connectivity index (χ0n) is 15.7. The standard InChI is InChI=1S/C23H18N4OS/c1-28-19-10-11-20-22(12-19)29-23(26-20)16-4-8-18(9-5-16)27-14-25-13-21(27)15-2-6-17(24)7-3-15/h2-14H,24H2,1H3. The van der Waals surface area contributed by atoms with Crippen molar-refractivity contribution < 1.29 is 4.74 Å². The van der Waals surface area contributed by atoms with E-state index >= 15 is 0 Å². The molecule has 142 valence electrons. The van der Waals surface area contributed by atoms with Gasteiger partial charge in [-0.2, -0.15) is 0 Å². The normalized spacial score (nSPS) is 11.1. The van der Waals surface area contributed by atoms with E-state index in [1.807, 2.05) is 55.0 Å². The number of methoxy groups -OCH3 is 1. The number of ether oxygens (including phenoxy) is 1. The molecule has 29 heavy (non-hydrogen) atoms. The number of thiazole rings is 1. The molecule has 0 saturated carbocycles. The van der Waals surface area contributed by atoms with E-state index in [2.05, 4.69) is 33.8 Å². The third-order valence-corrected chi connectivity index (χ3v) is 5.90. The number of rotatable bonds is 4. The van der Waals surface area contributed by atoms with Crippen molar-refractivity contribution in [1.82, 2.24) is 14.5 Å². The lowest BCUT2D eigenvalue weighted by atomic mass is 10.1. The van der Waals surface area contributed by atoms with E-state index < -0.39 is 0 Å². The second-order valence-electron chi connectivity index (χ2n) is 6.67. The van der Waals surface area contributed by atoms with Crippen molar-refractivity contribution >= 4 is 27.2 Å². The molecule has 0 aliphatic rings. The monoisotopic (exact) mass is 398 g/mol. The molecule has 0 amide bonds. The van der Waals surface area contributed by atoms with Gasteiger partial charge in [0, 0.05) is 22.5 Å². The fourth-order valence-corrected chi connectivity index (χ4v) is 4.29. The van der Waals surface area contributed by atoms with Gasteiger partial charge in [-0.25, -0.2) is 9.97 Å². The maximum Gasteiger partial charge on any atom is 0.124 e. The summed E-state index contributed by atoms with van der Waals surface area (Å²) in [5.74, 6) is 0.846. The Morgan fingerprint density at radius 2 is 1.69 bits per heavy atom. The molecule has 0 fully saturated rings. The van der Waals surface area contributed by atoms with E-state index in [0.717, 1.165) is 49.2 Å². The molecule has 2 aromatic heterocycles. The van der Waals surface area contributed by atoms with Gasteiger partial charge in [0.2, 0.25) is 0 Å². The van der Waals surface area contributed by atoms with Crippen LogP contribution in [0.3, 0.4) is 0 Å². The maximum atomic E-state index is 5.81. The summed E-state index contributed by atoms with van der Waals surface area (Å²) in [4.78, 5) is 9.09. The van der Waals surface area contributed by atoms with Crippen molar-refractivity contribution in [2.75, 3.05) is 12.8 Å². The van der Waals surface area contributed by atoms with Crippen molar-refractivity contribution in [2.24, 2.45) is 0 Å². The molecular formula is C23H18N4OS. The number of nitrogen functional groups attached to an aromatic ring is 1. The minimum atomic E-state index is 0.748. The van der Waals surface area contributed by atoms with Gasteiger partial charge in [-0.3, -0.25) is 4.57 Å². The molecule has 6 heteroatoms. The Morgan fingerprint density at radius 3 is 2.45 bits per heavy atom. The predicted octanol–water partition coefficient (Wildman–Crippen LogP) is 5.41. The molecule has 0 radical (unpaired) electrons. The number of aromatic nitrogens is 3. The zero-order chi connectivity index (χ0) is 19.8. The van der Waals surface area contributed by atoms with E-state index in [9.17, 15) is 0 Å². The molecule has 5 nitrogen and oxygen atoms in total. The lowest BCUT2D eigenvalue weighted by Gasteiger charge is -2.09. The third kappa shape index (κ3) is 3.23. The number of anilines is 1. The predicted molar refractivity (Wildman–Crippen MR) is 119 cm³/mol. The van der Waals surface area contributed by atoms with Crippen molar-refractivity contribution in [3.8, 4) is 33.3 Å². The minimum Gasteiger partial charge on any atom is -0.497 e. The van der Waals surface area contributed by atoms with Gasteiger partial charge in [0.15, 0.2) is 0 Å². The summed E-state index contributed by atoms with van der Waals surface area (Å²) >= 11 is 1.66. The minimum absolute atomic E-state index is 0.748. The number of nitrogens with two attached hydrogens (primary N) is 1. The van der Waals surface area contributed by atoms with E-state index in [-0.39, 0.29) is 0 Å². The Labute approximate surface area is 172 Å². The molecule has 5 aromatic rings. The van der Waals surface area contributed by atoms with Crippen molar-refractivity contribution in [3.63, 3.8) is 0 Å². The Kier molecular flexibility index (Phi) is 4.26. The van der Waals surface area contributed by atoms with Crippen molar-refractivity contribution in [2.45, 2.75) is 0 Å². The highest BCUT2D eigenvalue weighted by molar-refractivity contribution is 7.21. The third-order valence-electron chi connectivity index (χ3n) is 4.83. The van der Waals surface area contributed by atoms with E-state index in [0.29, 0.717) is 0 Å². The lowest BCUT2D eigenvalue weighted by Crippen LogP contribution is -1.95. The van der Waals surface area contributed by atoms with Crippen molar-refractivity contribution in [3.05, 3.63) is 79.3 Å². The zero-order valence-corrected chi connectivity index (χ0v) is 16.6. The van der Waals surface area contributed by atoms with Gasteiger partial charge < -0.3 is 10.5 Å². The Balaban J connectivity index is 1.48. The Morgan fingerprint density at radius 1 is 0.931 bits per heavy atom. The van der Waals surface area contributed by atoms with Gasteiger partial charge in [0.05, 0.1) is 35.5 Å². The summed E-state index contributed by atoms with van der Waals surface area (Å²) < 4.78 is 8.49. The summed E-state index contributed by atoms with van der Waals surface area (Å²) in [5.41, 5.74) is 11.8. The maximum absolute atomic E-state index is 5.81. The van der Waals surface area contributed by atoms with Gasteiger partial charge in [-0.15, -0.1) is 11.3 Å². The topological polar surface area (TPSA) is 66.0 Å². The van der Waals surface area contributed by atoms with Crippen LogP contribution in [0.1, 0.15) is 0 Å². The molecular weight excluding hydrogens is 380 g/mol. The summed E-state index contributed by atoms with van der Waals surface area (Å²) in [6.07, 6.45) is 3.69. The highest BCUT2D eigenvalue weighted by atomic mass is 32.1. The van der Waals surface area contributed by atoms with Gasteiger partial charge in [0.25, 0.3) is 0 Å². The molecule has 2 heterocycles. The van der Waals surface area contributed by atoms with Crippen LogP contribution in [-0.4, -0.2) is 21.6 Å². The molecule has 0 spiro atoms. The van der Waals surface area contributed by atoms with Crippen LogP contribution < -0.4 is 10.5 Å². The molecule has 0 atom stereocenters. The first-order chi connectivity index (χ1) is 14.2. The molecule has 3 aromatic carbocycles. The molecule has 0 saturated heterocycles. The first kappa shape index (κ1) is 17.5. The average molecular weight is 398 g/mol. The molecule has 5 rings (SSSR count). The smallest absolute Gasteiger partial charge is 0.124 e. The molecule has 0 aliphatic carbocycles. The largest absolute Gasteiger partial charge is 0.497 e. The number of hydrogen-bond acceptors (Lipinski definition) is 5. The highest BCUT2D eigenvalue weighted by Gasteiger charge is 2.10. The fourth-order valence-electron chi connectivity index (χ4n) is 3.29. The van der Waals surface area contributed by atoms with Crippen LogP contribution >= 0.6 is 11.3 Å². The van der Waals surface area contributed by atoms with Crippen LogP contribution in [0.5, 0.6) is 5.75 Å². The second-order valence-corrected chi connectivity index (χ2v) is 7.70. The summed E-state index contributed by atoms with van der Waals surface area (Å²) in [7, 11) is 1.68. The number of benzene rings is 3. The fraction of sp³-hybridized carbons (Fsp3) is 0.0435. The first-order valence-electron chi connectivity index (χ1n) is 9.15. The van der Waals surface area contributed by atoms with Crippen LogP contribution in [-0.2, 0) is 0 Å². The Bertz CT molecular complexity index is 1290. The molecule has 2 N–H and O–H groups in total. The Hall–Kier alpha value is -3.64. The SMILES string of the molecule is COc1ccc2nc(-c3ccc(-n4cncc4-c4ccc(N)cc4)cc3)sc2c1. The second kappa shape index (κ2) is 7.07.